The van der Waals surface area contributed by atoms with Crippen LogP contribution in [0.2, 0.25) is 0 Å². The molecule has 0 saturated heterocycles. The fourth-order valence-electron chi connectivity index (χ4n) is 1.81. The number of carbonyl (C=O) groups is 1. The van der Waals surface area contributed by atoms with Crippen LogP contribution in [0.1, 0.15) is 38.7 Å². The summed E-state index contributed by atoms with van der Waals surface area (Å²) in [5.74, 6) is 0.764. The fourth-order valence-corrected chi connectivity index (χ4v) is 2.67. The fraction of sp³-hybridized carbons (Fsp3) is 0.500. The Hall–Kier alpha value is -0.960. The second kappa shape index (κ2) is 7.38. The van der Waals surface area contributed by atoms with E-state index in [9.17, 15) is 4.79 Å². The topological polar surface area (TPSA) is 26.3 Å². The maximum absolute atomic E-state index is 11.9. The number of thioether (sulfide) groups is 1. The van der Waals surface area contributed by atoms with Crippen LogP contribution < -0.4 is 0 Å². The molecule has 94 valence electrons. The maximum atomic E-state index is 11.9. The number of rotatable bonds is 6. The Morgan fingerprint density at radius 1 is 1.29 bits per heavy atom. The molecule has 0 aliphatic carbocycles. The van der Waals surface area contributed by atoms with Crippen LogP contribution in [-0.2, 0) is 9.53 Å². The highest BCUT2D eigenvalue weighted by atomic mass is 32.2. The van der Waals surface area contributed by atoms with Crippen LogP contribution >= 0.6 is 11.8 Å². The van der Waals surface area contributed by atoms with Crippen molar-refractivity contribution >= 4 is 17.7 Å². The van der Waals surface area contributed by atoms with Gasteiger partial charge in [0.05, 0.1) is 12.5 Å². The van der Waals surface area contributed by atoms with Crippen molar-refractivity contribution in [3.8, 4) is 0 Å². The van der Waals surface area contributed by atoms with Gasteiger partial charge in [0, 0.05) is 4.90 Å². The van der Waals surface area contributed by atoms with Crippen LogP contribution in [0, 0.1) is 0 Å². The molecular weight excluding hydrogens is 232 g/mol. The summed E-state index contributed by atoms with van der Waals surface area (Å²) in [6.07, 6.45) is 0.778. The predicted octanol–water partition coefficient (Wildman–Crippen LogP) is 3.86. The summed E-state index contributed by atoms with van der Waals surface area (Å²) in [7, 11) is 0. The Balaban J connectivity index is 2.98. The first kappa shape index (κ1) is 14.1. The van der Waals surface area contributed by atoms with Crippen LogP contribution in [0.5, 0.6) is 0 Å². The second-order valence-electron chi connectivity index (χ2n) is 3.68. The Labute approximate surface area is 108 Å². The van der Waals surface area contributed by atoms with Gasteiger partial charge < -0.3 is 4.74 Å². The van der Waals surface area contributed by atoms with E-state index in [-0.39, 0.29) is 11.9 Å². The van der Waals surface area contributed by atoms with E-state index in [1.54, 1.807) is 11.8 Å². The molecule has 0 amide bonds. The number of carbonyl (C=O) groups excluding carboxylic acids is 1. The first-order chi connectivity index (χ1) is 8.24. The lowest BCUT2D eigenvalue weighted by atomic mass is 9.96. The lowest BCUT2D eigenvalue weighted by Crippen LogP contribution is -2.16. The van der Waals surface area contributed by atoms with Crippen molar-refractivity contribution in [1.29, 1.82) is 0 Å². The largest absolute Gasteiger partial charge is 0.466 e. The predicted molar refractivity (Wildman–Crippen MR) is 72.5 cm³/mol. The third-order valence-corrected chi connectivity index (χ3v) is 3.55. The minimum atomic E-state index is -0.134. The molecule has 17 heavy (non-hydrogen) atoms. The molecule has 0 bridgehead atoms. The summed E-state index contributed by atoms with van der Waals surface area (Å²) in [5.41, 5.74) is 1.10. The average Bonchev–Trinajstić information content (AvgIpc) is 2.33. The van der Waals surface area contributed by atoms with Crippen molar-refractivity contribution in [3.05, 3.63) is 29.8 Å². The number of hydrogen-bond donors (Lipinski definition) is 0. The van der Waals surface area contributed by atoms with E-state index in [1.165, 1.54) is 4.90 Å². The van der Waals surface area contributed by atoms with Crippen molar-refractivity contribution in [2.45, 2.75) is 38.0 Å². The Morgan fingerprint density at radius 2 is 2.00 bits per heavy atom. The monoisotopic (exact) mass is 252 g/mol. The van der Waals surface area contributed by atoms with Gasteiger partial charge in [0.15, 0.2) is 0 Å². The van der Waals surface area contributed by atoms with Gasteiger partial charge in [0.25, 0.3) is 0 Å². The zero-order valence-corrected chi connectivity index (χ0v) is 11.5. The van der Waals surface area contributed by atoms with Crippen molar-refractivity contribution in [2.75, 3.05) is 12.4 Å². The van der Waals surface area contributed by atoms with Gasteiger partial charge >= 0.3 is 5.97 Å². The van der Waals surface area contributed by atoms with Gasteiger partial charge in [-0.2, -0.15) is 0 Å². The highest BCUT2D eigenvalue weighted by molar-refractivity contribution is 7.99. The molecule has 1 unspecified atom stereocenters. The standard InChI is InChI=1S/C14H20O2S/c1-4-11(14(15)16-5-2)12-9-7-8-10-13(12)17-6-3/h7-11H,4-6H2,1-3H3. The van der Waals surface area contributed by atoms with Crippen LogP contribution in [0.3, 0.4) is 0 Å². The number of ether oxygens (including phenoxy) is 1. The smallest absolute Gasteiger partial charge is 0.313 e. The van der Waals surface area contributed by atoms with Gasteiger partial charge in [-0.05, 0) is 30.7 Å². The molecule has 0 spiro atoms. The molecule has 1 atom stereocenters. The van der Waals surface area contributed by atoms with E-state index in [1.807, 2.05) is 32.0 Å². The van der Waals surface area contributed by atoms with Crippen molar-refractivity contribution < 1.29 is 9.53 Å². The Morgan fingerprint density at radius 3 is 2.59 bits per heavy atom. The number of esters is 1. The van der Waals surface area contributed by atoms with E-state index in [2.05, 4.69) is 13.0 Å². The van der Waals surface area contributed by atoms with Gasteiger partial charge in [-0.3, -0.25) is 4.79 Å². The second-order valence-corrected chi connectivity index (χ2v) is 4.99. The number of benzene rings is 1. The van der Waals surface area contributed by atoms with Crippen molar-refractivity contribution in [3.63, 3.8) is 0 Å². The minimum Gasteiger partial charge on any atom is -0.466 e. The SMILES string of the molecule is CCOC(=O)C(CC)c1ccccc1SCC. The van der Waals surface area contributed by atoms with Crippen LogP contribution in [0.15, 0.2) is 29.2 Å². The lowest BCUT2D eigenvalue weighted by molar-refractivity contribution is -0.145. The van der Waals surface area contributed by atoms with Crippen molar-refractivity contribution in [1.82, 2.24) is 0 Å². The summed E-state index contributed by atoms with van der Waals surface area (Å²) < 4.78 is 5.13. The van der Waals surface area contributed by atoms with E-state index in [0.29, 0.717) is 6.61 Å². The molecule has 3 heteroatoms. The molecule has 0 fully saturated rings. The van der Waals surface area contributed by atoms with Crippen LogP contribution in [0.25, 0.3) is 0 Å². The average molecular weight is 252 g/mol. The van der Waals surface area contributed by atoms with E-state index in [0.717, 1.165) is 17.7 Å². The number of hydrogen-bond acceptors (Lipinski definition) is 3. The molecule has 0 aliphatic heterocycles. The first-order valence-electron chi connectivity index (χ1n) is 6.12. The molecule has 0 aromatic heterocycles. The molecule has 2 nitrogen and oxygen atoms in total. The summed E-state index contributed by atoms with van der Waals surface area (Å²) in [6, 6.07) is 8.10. The highest BCUT2D eigenvalue weighted by Crippen LogP contribution is 2.31. The summed E-state index contributed by atoms with van der Waals surface area (Å²) in [4.78, 5) is 13.1. The zero-order valence-electron chi connectivity index (χ0n) is 10.7. The summed E-state index contributed by atoms with van der Waals surface area (Å²) in [5, 5.41) is 0. The van der Waals surface area contributed by atoms with Gasteiger partial charge in [-0.15, -0.1) is 11.8 Å². The Kier molecular flexibility index (Phi) is 6.12. The minimum absolute atomic E-state index is 0.112. The zero-order chi connectivity index (χ0) is 12.7. The van der Waals surface area contributed by atoms with Gasteiger partial charge in [0.2, 0.25) is 0 Å². The van der Waals surface area contributed by atoms with Crippen LogP contribution in [-0.4, -0.2) is 18.3 Å². The van der Waals surface area contributed by atoms with Crippen LogP contribution in [0.4, 0.5) is 0 Å². The molecule has 0 radical (unpaired) electrons. The molecule has 1 aromatic rings. The summed E-state index contributed by atoms with van der Waals surface area (Å²) in [6.45, 7) is 6.43. The third kappa shape index (κ3) is 3.77. The molecule has 0 saturated carbocycles. The molecule has 0 aliphatic rings. The molecular formula is C14H20O2S. The Bertz CT molecular complexity index is 363. The molecule has 1 aromatic carbocycles. The third-order valence-electron chi connectivity index (χ3n) is 2.57. The van der Waals surface area contributed by atoms with E-state index in [4.69, 9.17) is 4.74 Å². The van der Waals surface area contributed by atoms with Gasteiger partial charge in [-0.25, -0.2) is 0 Å². The maximum Gasteiger partial charge on any atom is 0.313 e. The highest BCUT2D eigenvalue weighted by Gasteiger charge is 2.22. The molecule has 0 N–H and O–H groups in total. The van der Waals surface area contributed by atoms with Gasteiger partial charge in [-0.1, -0.05) is 32.0 Å². The van der Waals surface area contributed by atoms with Gasteiger partial charge in [0.1, 0.15) is 0 Å². The molecule has 1 rings (SSSR count). The quantitative estimate of drug-likeness (QED) is 0.568. The van der Waals surface area contributed by atoms with E-state index >= 15 is 0 Å². The lowest BCUT2D eigenvalue weighted by Gasteiger charge is -2.17. The summed E-state index contributed by atoms with van der Waals surface area (Å²) >= 11 is 1.77. The van der Waals surface area contributed by atoms with Crippen molar-refractivity contribution in [2.24, 2.45) is 0 Å². The first-order valence-corrected chi connectivity index (χ1v) is 7.11. The molecule has 0 heterocycles. The normalized spacial score (nSPS) is 12.2. The van der Waals surface area contributed by atoms with E-state index < -0.39 is 0 Å².